The van der Waals surface area contributed by atoms with Crippen molar-refractivity contribution in [1.82, 2.24) is 15.5 Å². The van der Waals surface area contributed by atoms with E-state index < -0.39 is 35.9 Å². The molecule has 0 saturated heterocycles. The Morgan fingerprint density at radius 1 is 0.935 bits per heavy atom. The van der Waals surface area contributed by atoms with Crippen LogP contribution in [0.2, 0.25) is 0 Å². The number of nitrogens with one attached hydrogen (secondary N) is 2. The summed E-state index contributed by atoms with van der Waals surface area (Å²) in [5.74, 6) is -3.53. The molecule has 0 saturated carbocycles. The first kappa shape index (κ1) is 21.4. The Bertz CT molecular complexity index is 1160. The molecule has 0 spiro atoms. The summed E-state index contributed by atoms with van der Waals surface area (Å²) in [6.07, 6.45) is -0.781. The summed E-state index contributed by atoms with van der Waals surface area (Å²) in [6, 6.07) is 16.1. The van der Waals surface area contributed by atoms with Crippen molar-refractivity contribution in [2.75, 3.05) is 0 Å². The molecule has 158 valence electrons. The van der Waals surface area contributed by atoms with E-state index in [-0.39, 0.29) is 17.5 Å². The normalized spacial score (nSPS) is 11.5. The van der Waals surface area contributed by atoms with Crippen LogP contribution < -0.4 is 10.9 Å². The van der Waals surface area contributed by atoms with Crippen LogP contribution in [0.5, 0.6) is 0 Å². The Labute approximate surface area is 176 Å². The summed E-state index contributed by atoms with van der Waals surface area (Å²) < 4.78 is 0. The monoisotopic (exact) mass is 421 g/mol. The predicted molar refractivity (Wildman–Crippen MR) is 111 cm³/mol. The highest BCUT2D eigenvalue weighted by Gasteiger charge is 2.27. The number of aromatic nitrogens is 2. The van der Waals surface area contributed by atoms with Gasteiger partial charge in [0.1, 0.15) is 11.6 Å². The molecule has 0 aliphatic carbocycles. The molecule has 31 heavy (non-hydrogen) atoms. The number of carboxylic acid groups (broad SMARTS) is 2. The predicted octanol–water partition coefficient (Wildman–Crippen LogP) is 2.15. The maximum Gasteiger partial charge on any atom is 0.326 e. The topological polar surface area (TPSA) is 149 Å². The summed E-state index contributed by atoms with van der Waals surface area (Å²) in [6.45, 7) is 0. The molecule has 1 aromatic heterocycles. The largest absolute Gasteiger partial charge is 0.481 e. The van der Waals surface area contributed by atoms with Crippen molar-refractivity contribution in [1.29, 1.82) is 0 Å². The summed E-state index contributed by atoms with van der Waals surface area (Å²) in [7, 11) is 0. The smallest absolute Gasteiger partial charge is 0.326 e. The van der Waals surface area contributed by atoms with E-state index in [9.17, 15) is 24.3 Å². The number of carbonyl (C=O) groups is 3. The molecule has 9 nitrogen and oxygen atoms in total. The Morgan fingerprint density at radius 3 is 2.06 bits per heavy atom. The third-order valence-electron chi connectivity index (χ3n) is 4.57. The molecule has 2 aromatic carbocycles. The van der Waals surface area contributed by atoms with Gasteiger partial charge in [0, 0.05) is 17.5 Å². The summed E-state index contributed by atoms with van der Waals surface area (Å²) in [5.41, 5.74) is 0.680. The number of benzene rings is 2. The van der Waals surface area contributed by atoms with Gasteiger partial charge in [0.25, 0.3) is 11.5 Å². The lowest BCUT2D eigenvalue weighted by atomic mass is 9.95. The third kappa shape index (κ3) is 5.02. The number of aromatic amines is 1. The van der Waals surface area contributed by atoms with E-state index in [1.165, 1.54) is 0 Å². The van der Waals surface area contributed by atoms with Gasteiger partial charge in [-0.05, 0) is 12.0 Å². The molecule has 0 bridgehead atoms. The van der Waals surface area contributed by atoms with Crippen LogP contribution >= 0.6 is 0 Å². The van der Waals surface area contributed by atoms with Crippen molar-refractivity contribution in [2.45, 2.75) is 18.9 Å². The SMILES string of the molecule is O=C(O)CC[C@H](NC(=O)c1c(-c2ccccc2)c(-c2ccccc2)n[nH]c1=O)C(=O)O. The van der Waals surface area contributed by atoms with Crippen LogP contribution in [0.4, 0.5) is 0 Å². The maximum absolute atomic E-state index is 13.0. The number of rotatable bonds is 8. The average molecular weight is 421 g/mol. The number of nitrogens with zero attached hydrogens (tertiary/aromatic N) is 1. The molecule has 0 radical (unpaired) electrons. The molecule has 3 aromatic rings. The second-order valence-electron chi connectivity index (χ2n) is 6.68. The Balaban J connectivity index is 2.13. The van der Waals surface area contributed by atoms with Crippen molar-refractivity contribution >= 4 is 17.8 Å². The summed E-state index contributed by atoms with van der Waals surface area (Å²) >= 11 is 0. The lowest BCUT2D eigenvalue weighted by molar-refractivity contribution is -0.140. The van der Waals surface area contributed by atoms with Crippen molar-refractivity contribution < 1.29 is 24.6 Å². The number of aliphatic carboxylic acids is 2. The minimum absolute atomic E-state index is 0.246. The van der Waals surface area contributed by atoms with Gasteiger partial charge in [-0.25, -0.2) is 9.89 Å². The maximum atomic E-state index is 13.0. The highest BCUT2D eigenvalue weighted by molar-refractivity contribution is 6.04. The molecule has 9 heteroatoms. The average Bonchev–Trinajstić information content (AvgIpc) is 2.77. The van der Waals surface area contributed by atoms with E-state index in [0.717, 1.165) is 0 Å². The van der Waals surface area contributed by atoms with Crippen LogP contribution in [0.25, 0.3) is 22.4 Å². The van der Waals surface area contributed by atoms with Gasteiger partial charge in [-0.1, -0.05) is 60.7 Å². The minimum Gasteiger partial charge on any atom is -0.481 e. The zero-order valence-corrected chi connectivity index (χ0v) is 16.2. The Morgan fingerprint density at radius 2 is 1.52 bits per heavy atom. The van der Waals surface area contributed by atoms with E-state index in [0.29, 0.717) is 16.8 Å². The van der Waals surface area contributed by atoms with E-state index in [4.69, 9.17) is 5.11 Å². The first-order chi connectivity index (χ1) is 14.9. The Hall–Kier alpha value is -4.27. The zero-order valence-electron chi connectivity index (χ0n) is 16.2. The summed E-state index contributed by atoms with van der Waals surface area (Å²) in [4.78, 5) is 48.0. The van der Waals surface area contributed by atoms with Crippen molar-refractivity contribution in [3.63, 3.8) is 0 Å². The van der Waals surface area contributed by atoms with Gasteiger partial charge in [-0.2, -0.15) is 5.10 Å². The fourth-order valence-corrected chi connectivity index (χ4v) is 3.11. The van der Waals surface area contributed by atoms with E-state index in [1.54, 1.807) is 54.6 Å². The second kappa shape index (κ2) is 9.49. The minimum atomic E-state index is -1.47. The first-order valence-electron chi connectivity index (χ1n) is 9.37. The molecule has 1 amide bonds. The summed E-state index contributed by atoms with van der Waals surface area (Å²) in [5, 5.41) is 26.9. The van der Waals surface area contributed by atoms with E-state index in [2.05, 4.69) is 15.5 Å². The lowest BCUT2D eigenvalue weighted by Crippen LogP contribution is -2.43. The van der Waals surface area contributed by atoms with Crippen molar-refractivity contribution in [2.24, 2.45) is 0 Å². The van der Waals surface area contributed by atoms with Crippen LogP contribution in [0.1, 0.15) is 23.2 Å². The highest BCUT2D eigenvalue weighted by Crippen LogP contribution is 2.31. The first-order valence-corrected chi connectivity index (χ1v) is 9.37. The van der Waals surface area contributed by atoms with Gasteiger partial charge in [-0.15, -0.1) is 0 Å². The fraction of sp³-hybridized carbons (Fsp3) is 0.136. The molecule has 0 unspecified atom stereocenters. The molecule has 0 aliphatic rings. The van der Waals surface area contributed by atoms with Gasteiger partial charge >= 0.3 is 11.9 Å². The van der Waals surface area contributed by atoms with Crippen LogP contribution in [0, 0.1) is 0 Å². The van der Waals surface area contributed by atoms with Crippen LogP contribution in [-0.2, 0) is 9.59 Å². The van der Waals surface area contributed by atoms with Gasteiger partial charge in [0.2, 0.25) is 0 Å². The molecule has 4 N–H and O–H groups in total. The molecule has 1 heterocycles. The van der Waals surface area contributed by atoms with Crippen molar-refractivity contribution in [3.8, 4) is 22.4 Å². The number of carboxylic acids is 2. The Kier molecular flexibility index (Phi) is 6.56. The van der Waals surface area contributed by atoms with E-state index >= 15 is 0 Å². The lowest BCUT2D eigenvalue weighted by Gasteiger charge is -2.17. The third-order valence-corrected chi connectivity index (χ3v) is 4.57. The molecular formula is C22H19N3O6. The van der Waals surface area contributed by atoms with Gasteiger partial charge in [0.05, 0.1) is 5.69 Å². The number of H-pyrrole nitrogens is 1. The number of carbonyl (C=O) groups excluding carboxylic acids is 1. The van der Waals surface area contributed by atoms with Crippen LogP contribution in [-0.4, -0.2) is 44.3 Å². The second-order valence-corrected chi connectivity index (χ2v) is 6.68. The number of amides is 1. The van der Waals surface area contributed by atoms with E-state index in [1.807, 2.05) is 6.07 Å². The van der Waals surface area contributed by atoms with Gasteiger partial charge in [0.15, 0.2) is 0 Å². The number of hydrogen-bond donors (Lipinski definition) is 4. The van der Waals surface area contributed by atoms with Gasteiger partial charge in [-0.3, -0.25) is 14.4 Å². The molecular weight excluding hydrogens is 402 g/mol. The number of hydrogen-bond acceptors (Lipinski definition) is 5. The highest BCUT2D eigenvalue weighted by atomic mass is 16.4. The molecule has 3 rings (SSSR count). The molecule has 0 fully saturated rings. The molecule has 1 atom stereocenters. The quantitative estimate of drug-likeness (QED) is 0.435. The van der Waals surface area contributed by atoms with Gasteiger partial charge < -0.3 is 15.5 Å². The fourth-order valence-electron chi connectivity index (χ4n) is 3.11. The van der Waals surface area contributed by atoms with Crippen LogP contribution in [0.15, 0.2) is 65.5 Å². The van der Waals surface area contributed by atoms with Crippen molar-refractivity contribution in [3.05, 3.63) is 76.6 Å². The molecule has 0 aliphatic heterocycles. The standard InChI is InChI=1S/C22H19N3O6/c26-16(27)12-11-15(22(30)31)23-20(28)18-17(13-7-3-1-4-8-13)19(24-25-21(18)29)14-9-5-2-6-10-14/h1-10,15H,11-12H2,(H,23,28)(H,25,29)(H,26,27)(H,30,31)/t15-/m0/s1. The zero-order chi connectivity index (χ0) is 22.4. The van der Waals surface area contributed by atoms with Crippen LogP contribution in [0.3, 0.4) is 0 Å².